The van der Waals surface area contributed by atoms with Crippen LogP contribution in [-0.2, 0) is 0 Å². The second kappa shape index (κ2) is 6.39. The molecule has 3 rings (SSSR count). The van der Waals surface area contributed by atoms with Crippen molar-refractivity contribution in [3.63, 3.8) is 0 Å². The Labute approximate surface area is 134 Å². The van der Waals surface area contributed by atoms with E-state index in [-0.39, 0.29) is 12.1 Å². The second-order valence-corrected chi connectivity index (χ2v) is 5.24. The second-order valence-electron chi connectivity index (χ2n) is 5.24. The Bertz CT molecular complexity index is 793. The number of carbonyl (C=O) groups excluding carboxylic acids is 1. The predicted molar refractivity (Wildman–Crippen MR) is 87.6 cm³/mol. The zero-order chi connectivity index (χ0) is 16.2. The van der Waals surface area contributed by atoms with Crippen LogP contribution in [0.3, 0.4) is 0 Å². The summed E-state index contributed by atoms with van der Waals surface area (Å²) >= 11 is 0. The Balaban J connectivity index is 1.71. The van der Waals surface area contributed by atoms with Crippen molar-refractivity contribution in [1.29, 1.82) is 0 Å². The van der Waals surface area contributed by atoms with Crippen LogP contribution in [-0.4, -0.2) is 15.8 Å². The maximum absolute atomic E-state index is 12.2. The quantitative estimate of drug-likeness (QED) is 0.772. The number of hydrogen-bond donors (Lipinski definition) is 2. The average Bonchev–Trinajstić information content (AvgIpc) is 3.19. The molecule has 0 fully saturated rings. The number of nitrogens with zero attached hydrogens (tertiary/aromatic N) is 2. The lowest BCUT2D eigenvalue weighted by molar-refractivity contribution is 0.247. The number of rotatable bonds is 4. The number of para-hydroxylation sites is 2. The van der Waals surface area contributed by atoms with Gasteiger partial charge in [0.2, 0.25) is 0 Å². The van der Waals surface area contributed by atoms with Crippen molar-refractivity contribution in [2.75, 3.05) is 5.32 Å². The molecule has 2 amide bonds. The average molecular weight is 310 g/mol. The Morgan fingerprint density at radius 3 is 2.74 bits per heavy atom. The molecule has 23 heavy (non-hydrogen) atoms. The molecule has 118 valence electrons. The number of hydrogen-bond acceptors (Lipinski definition) is 3. The number of amides is 2. The van der Waals surface area contributed by atoms with Gasteiger partial charge in [0.05, 0.1) is 17.4 Å². The highest BCUT2D eigenvalue weighted by molar-refractivity contribution is 5.91. The fourth-order valence-corrected chi connectivity index (χ4v) is 2.30. The van der Waals surface area contributed by atoms with Gasteiger partial charge in [0.1, 0.15) is 11.5 Å². The molecular weight excluding hydrogens is 292 g/mol. The molecule has 1 unspecified atom stereocenters. The summed E-state index contributed by atoms with van der Waals surface area (Å²) in [7, 11) is 0. The summed E-state index contributed by atoms with van der Waals surface area (Å²) in [5, 5.41) is 9.91. The van der Waals surface area contributed by atoms with Gasteiger partial charge in [0.15, 0.2) is 0 Å². The fraction of sp³-hybridized carbons (Fsp3) is 0.176. The van der Waals surface area contributed by atoms with Crippen molar-refractivity contribution >= 4 is 11.7 Å². The highest BCUT2D eigenvalue weighted by Crippen LogP contribution is 2.20. The van der Waals surface area contributed by atoms with Crippen molar-refractivity contribution < 1.29 is 9.21 Å². The van der Waals surface area contributed by atoms with Gasteiger partial charge in [-0.25, -0.2) is 9.48 Å². The van der Waals surface area contributed by atoms with Gasteiger partial charge < -0.3 is 15.1 Å². The summed E-state index contributed by atoms with van der Waals surface area (Å²) in [5.74, 6) is 1.54. The molecule has 0 saturated heterocycles. The monoisotopic (exact) mass is 310 g/mol. The Hall–Kier alpha value is -3.02. The third-order valence-electron chi connectivity index (χ3n) is 3.44. The third kappa shape index (κ3) is 3.42. The summed E-state index contributed by atoms with van der Waals surface area (Å²) in [4.78, 5) is 12.2. The Morgan fingerprint density at radius 1 is 1.22 bits per heavy atom. The normalized spacial score (nSPS) is 11.9. The summed E-state index contributed by atoms with van der Waals surface area (Å²) < 4.78 is 7.23. The van der Waals surface area contributed by atoms with Crippen molar-refractivity contribution in [3.8, 4) is 5.69 Å². The van der Waals surface area contributed by atoms with Crippen LogP contribution < -0.4 is 10.6 Å². The largest absolute Gasteiger partial charge is 0.464 e. The highest BCUT2D eigenvalue weighted by Gasteiger charge is 2.14. The highest BCUT2D eigenvalue weighted by atomic mass is 16.3. The lowest BCUT2D eigenvalue weighted by Gasteiger charge is -2.15. The van der Waals surface area contributed by atoms with Gasteiger partial charge in [-0.2, -0.15) is 5.10 Å². The van der Waals surface area contributed by atoms with Crippen LogP contribution >= 0.6 is 0 Å². The summed E-state index contributed by atoms with van der Waals surface area (Å²) in [6.07, 6.45) is 3.52. The SMILES string of the molecule is Cc1ccc(C(C)NC(=O)Nc2ccccc2-n2cccn2)o1. The Morgan fingerprint density at radius 2 is 2.04 bits per heavy atom. The predicted octanol–water partition coefficient (Wildman–Crippen LogP) is 3.66. The first-order valence-electron chi connectivity index (χ1n) is 7.36. The van der Waals surface area contributed by atoms with Gasteiger partial charge in [-0.3, -0.25) is 0 Å². The standard InChI is InChI=1S/C17H18N4O2/c1-12-8-9-16(23-12)13(2)19-17(22)20-14-6-3-4-7-15(14)21-11-5-10-18-21/h3-11,13H,1-2H3,(H2,19,20,22). The van der Waals surface area contributed by atoms with E-state index in [2.05, 4.69) is 15.7 Å². The molecule has 6 heteroatoms. The third-order valence-corrected chi connectivity index (χ3v) is 3.44. The molecule has 1 aromatic carbocycles. The summed E-state index contributed by atoms with van der Waals surface area (Å²) in [5.41, 5.74) is 1.48. The van der Waals surface area contributed by atoms with Crippen LogP contribution in [0.15, 0.2) is 59.3 Å². The minimum atomic E-state index is -0.300. The number of anilines is 1. The molecule has 0 aliphatic carbocycles. The minimum absolute atomic E-state index is 0.222. The van der Waals surface area contributed by atoms with E-state index >= 15 is 0 Å². The van der Waals surface area contributed by atoms with Gasteiger partial charge in [0, 0.05) is 12.4 Å². The van der Waals surface area contributed by atoms with E-state index in [0.29, 0.717) is 5.69 Å². The van der Waals surface area contributed by atoms with Crippen molar-refractivity contribution in [2.24, 2.45) is 0 Å². The summed E-state index contributed by atoms with van der Waals surface area (Å²) in [6, 6.07) is 12.5. The molecular formula is C17H18N4O2. The number of aryl methyl sites for hydroxylation is 1. The minimum Gasteiger partial charge on any atom is -0.464 e. The van der Waals surface area contributed by atoms with Crippen LogP contribution in [0.2, 0.25) is 0 Å². The molecule has 0 aliphatic rings. The lowest BCUT2D eigenvalue weighted by atomic mass is 10.2. The molecule has 2 aromatic heterocycles. The maximum Gasteiger partial charge on any atom is 0.319 e. The van der Waals surface area contributed by atoms with E-state index in [9.17, 15) is 4.79 Å². The summed E-state index contributed by atoms with van der Waals surface area (Å²) in [6.45, 7) is 3.74. The number of carbonyl (C=O) groups is 1. The molecule has 0 bridgehead atoms. The van der Waals surface area contributed by atoms with Gasteiger partial charge in [0.25, 0.3) is 0 Å². The van der Waals surface area contributed by atoms with Crippen molar-refractivity contribution in [3.05, 3.63) is 66.4 Å². The van der Waals surface area contributed by atoms with Crippen LogP contribution in [0.1, 0.15) is 24.5 Å². The van der Waals surface area contributed by atoms with Gasteiger partial charge in [-0.1, -0.05) is 12.1 Å². The molecule has 0 spiro atoms. The zero-order valence-corrected chi connectivity index (χ0v) is 13.0. The number of nitrogens with one attached hydrogen (secondary N) is 2. The maximum atomic E-state index is 12.2. The van der Waals surface area contributed by atoms with E-state index in [1.165, 1.54) is 0 Å². The van der Waals surface area contributed by atoms with Crippen LogP contribution in [0.5, 0.6) is 0 Å². The van der Waals surface area contributed by atoms with Crippen LogP contribution in [0, 0.1) is 6.92 Å². The molecule has 6 nitrogen and oxygen atoms in total. The van der Waals surface area contributed by atoms with Gasteiger partial charge in [-0.05, 0) is 44.2 Å². The van der Waals surface area contributed by atoms with E-state index in [4.69, 9.17) is 4.42 Å². The zero-order valence-electron chi connectivity index (χ0n) is 13.0. The van der Waals surface area contributed by atoms with E-state index in [1.54, 1.807) is 10.9 Å². The molecule has 1 atom stereocenters. The molecule has 0 aliphatic heterocycles. The molecule has 0 radical (unpaired) electrons. The van der Waals surface area contributed by atoms with E-state index < -0.39 is 0 Å². The molecule has 0 saturated carbocycles. The number of benzene rings is 1. The number of urea groups is 1. The lowest BCUT2D eigenvalue weighted by Crippen LogP contribution is -2.31. The van der Waals surface area contributed by atoms with Crippen molar-refractivity contribution in [2.45, 2.75) is 19.9 Å². The number of aromatic nitrogens is 2. The Kier molecular flexibility index (Phi) is 4.14. The van der Waals surface area contributed by atoms with Crippen LogP contribution in [0.25, 0.3) is 5.69 Å². The first-order valence-corrected chi connectivity index (χ1v) is 7.36. The van der Waals surface area contributed by atoms with Crippen molar-refractivity contribution in [1.82, 2.24) is 15.1 Å². The van der Waals surface area contributed by atoms with E-state index in [1.807, 2.05) is 62.5 Å². The first-order chi connectivity index (χ1) is 11.1. The topological polar surface area (TPSA) is 72.1 Å². The van der Waals surface area contributed by atoms with E-state index in [0.717, 1.165) is 17.2 Å². The van der Waals surface area contributed by atoms with Crippen LogP contribution in [0.4, 0.5) is 10.5 Å². The first kappa shape index (κ1) is 14.9. The van der Waals surface area contributed by atoms with Gasteiger partial charge >= 0.3 is 6.03 Å². The smallest absolute Gasteiger partial charge is 0.319 e. The number of furan rings is 1. The molecule has 2 N–H and O–H groups in total. The van der Waals surface area contributed by atoms with Gasteiger partial charge in [-0.15, -0.1) is 0 Å². The fourth-order valence-electron chi connectivity index (χ4n) is 2.30. The molecule has 3 aromatic rings. The molecule has 2 heterocycles.